The zero-order valence-electron chi connectivity index (χ0n) is 15.0. The molecule has 0 unspecified atom stereocenters. The first kappa shape index (κ1) is 18.4. The normalized spacial score (nSPS) is 10.5. The molecule has 2 aromatic carbocycles. The number of nitrogens with one attached hydrogen (secondary N) is 1. The number of rotatable bonds is 7. The number of methoxy groups -OCH3 is 2. The molecule has 1 N–H and O–H groups in total. The highest BCUT2D eigenvalue weighted by molar-refractivity contribution is 5.91. The summed E-state index contributed by atoms with van der Waals surface area (Å²) in [7, 11) is 3.08. The number of anilines is 1. The minimum Gasteiger partial charge on any atom is -0.497 e. The van der Waals surface area contributed by atoms with Crippen LogP contribution in [0.5, 0.6) is 11.5 Å². The van der Waals surface area contributed by atoms with Crippen LogP contribution in [0.25, 0.3) is 11.3 Å². The summed E-state index contributed by atoms with van der Waals surface area (Å²) in [6, 6.07) is 11.4. The van der Waals surface area contributed by atoms with Crippen LogP contribution in [0.1, 0.15) is 12.3 Å². The minimum atomic E-state index is -0.384. The third-order valence-electron chi connectivity index (χ3n) is 3.89. The van der Waals surface area contributed by atoms with Gasteiger partial charge in [0, 0.05) is 36.7 Å². The average Bonchev–Trinajstić information content (AvgIpc) is 3.15. The summed E-state index contributed by atoms with van der Waals surface area (Å²) in [6.45, 7) is 0. The van der Waals surface area contributed by atoms with Gasteiger partial charge in [-0.2, -0.15) is 0 Å². The fourth-order valence-electron chi connectivity index (χ4n) is 2.53. The van der Waals surface area contributed by atoms with E-state index in [1.54, 1.807) is 36.4 Å². The van der Waals surface area contributed by atoms with Gasteiger partial charge in [-0.25, -0.2) is 9.37 Å². The van der Waals surface area contributed by atoms with Crippen molar-refractivity contribution >= 4 is 11.6 Å². The number of carbonyl (C=O) groups excluding carboxylic acids is 1. The third kappa shape index (κ3) is 4.63. The zero-order valence-corrected chi connectivity index (χ0v) is 15.0. The Morgan fingerprint density at radius 3 is 2.52 bits per heavy atom. The lowest BCUT2D eigenvalue weighted by Gasteiger charge is -2.09. The minimum absolute atomic E-state index is 0.163. The smallest absolute Gasteiger partial charge is 0.224 e. The van der Waals surface area contributed by atoms with E-state index in [1.807, 2.05) is 0 Å². The summed E-state index contributed by atoms with van der Waals surface area (Å²) in [5.41, 5.74) is 0.903. The van der Waals surface area contributed by atoms with Crippen LogP contribution in [0, 0.1) is 5.82 Å². The molecule has 1 heterocycles. The van der Waals surface area contributed by atoms with Crippen molar-refractivity contribution in [3.63, 3.8) is 0 Å². The number of hydrogen-bond acceptors (Lipinski definition) is 5. The first-order chi connectivity index (χ1) is 13.1. The Bertz CT molecular complexity index is 917. The number of benzene rings is 2. The van der Waals surface area contributed by atoms with Gasteiger partial charge >= 0.3 is 0 Å². The van der Waals surface area contributed by atoms with Gasteiger partial charge in [-0.1, -0.05) is 12.1 Å². The van der Waals surface area contributed by atoms with Gasteiger partial charge in [0.1, 0.15) is 17.3 Å². The molecule has 0 aliphatic rings. The monoisotopic (exact) mass is 370 g/mol. The molecule has 0 fully saturated rings. The first-order valence-corrected chi connectivity index (χ1v) is 8.31. The molecule has 0 atom stereocenters. The maximum Gasteiger partial charge on any atom is 0.224 e. The molecule has 7 heteroatoms. The standard InChI is InChI=1S/C20H19FN2O4/c1-25-14-9-13(10-15(11-14)26-2)23-19(24)7-8-20-22-12-18(27-20)16-5-3-4-6-17(16)21/h3-6,9-12H,7-8H2,1-2H3,(H,23,24). The van der Waals surface area contributed by atoms with E-state index in [0.717, 1.165) is 0 Å². The van der Waals surface area contributed by atoms with Crippen LogP contribution < -0.4 is 14.8 Å². The molecule has 0 bridgehead atoms. The summed E-state index contributed by atoms with van der Waals surface area (Å²) < 4.78 is 29.7. The van der Waals surface area contributed by atoms with Crippen molar-refractivity contribution in [2.75, 3.05) is 19.5 Å². The molecule has 0 radical (unpaired) electrons. The van der Waals surface area contributed by atoms with Gasteiger partial charge in [-0.05, 0) is 12.1 Å². The molecule has 27 heavy (non-hydrogen) atoms. The van der Waals surface area contributed by atoms with Crippen LogP contribution in [-0.2, 0) is 11.2 Å². The van der Waals surface area contributed by atoms with E-state index < -0.39 is 0 Å². The Labute approximate surface area is 155 Å². The molecule has 3 rings (SSSR count). The van der Waals surface area contributed by atoms with Crippen LogP contribution in [0.4, 0.5) is 10.1 Å². The van der Waals surface area contributed by atoms with Crippen molar-refractivity contribution in [2.45, 2.75) is 12.8 Å². The SMILES string of the molecule is COc1cc(NC(=O)CCc2ncc(-c3ccccc3F)o2)cc(OC)c1. The Hall–Kier alpha value is -3.35. The molecular weight excluding hydrogens is 351 g/mol. The molecule has 1 amide bonds. The number of hydrogen-bond donors (Lipinski definition) is 1. The Balaban J connectivity index is 1.61. The number of aryl methyl sites for hydroxylation is 1. The molecule has 0 spiro atoms. The fourth-order valence-corrected chi connectivity index (χ4v) is 2.53. The van der Waals surface area contributed by atoms with Crippen molar-refractivity contribution in [3.8, 4) is 22.8 Å². The van der Waals surface area contributed by atoms with Gasteiger partial charge in [0.05, 0.1) is 26.0 Å². The zero-order chi connectivity index (χ0) is 19.2. The summed E-state index contributed by atoms with van der Waals surface area (Å²) in [4.78, 5) is 16.3. The number of nitrogens with zero attached hydrogens (tertiary/aromatic N) is 1. The molecular formula is C20H19FN2O4. The Morgan fingerprint density at radius 1 is 1.15 bits per heavy atom. The molecule has 6 nitrogen and oxygen atoms in total. The number of ether oxygens (including phenoxy) is 2. The number of aromatic nitrogens is 1. The van der Waals surface area contributed by atoms with Gasteiger partial charge in [-0.3, -0.25) is 4.79 Å². The van der Waals surface area contributed by atoms with Gasteiger partial charge < -0.3 is 19.2 Å². The molecule has 3 aromatic rings. The Kier molecular flexibility index (Phi) is 5.71. The van der Waals surface area contributed by atoms with Crippen molar-refractivity contribution in [1.29, 1.82) is 0 Å². The van der Waals surface area contributed by atoms with Gasteiger partial charge in [0.2, 0.25) is 5.91 Å². The summed E-state index contributed by atoms with van der Waals surface area (Å²) >= 11 is 0. The van der Waals surface area contributed by atoms with Crippen molar-refractivity contribution < 1.29 is 23.1 Å². The molecule has 0 aliphatic carbocycles. The van der Waals surface area contributed by atoms with E-state index in [0.29, 0.717) is 40.8 Å². The third-order valence-corrected chi connectivity index (χ3v) is 3.89. The second-order valence-electron chi connectivity index (χ2n) is 5.75. The highest BCUT2D eigenvalue weighted by Gasteiger charge is 2.12. The van der Waals surface area contributed by atoms with Crippen LogP contribution in [0.15, 0.2) is 53.1 Å². The van der Waals surface area contributed by atoms with Crippen LogP contribution in [0.2, 0.25) is 0 Å². The average molecular weight is 370 g/mol. The summed E-state index contributed by atoms with van der Waals surface area (Å²) in [6.07, 6.45) is 1.91. The van der Waals surface area contributed by atoms with Crippen molar-refractivity contribution in [3.05, 3.63) is 60.4 Å². The second-order valence-corrected chi connectivity index (χ2v) is 5.75. The predicted molar refractivity (Wildman–Crippen MR) is 98.4 cm³/mol. The Morgan fingerprint density at radius 2 is 1.85 bits per heavy atom. The molecule has 0 saturated carbocycles. The number of carbonyl (C=O) groups is 1. The van der Waals surface area contributed by atoms with Gasteiger partial charge in [-0.15, -0.1) is 0 Å². The van der Waals surface area contributed by atoms with E-state index in [-0.39, 0.29) is 18.1 Å². The van der Waals surface area contributed by atoms with Gasteiger partial charge in [0.15, 0.2) is 11.7 Å². The molecule has 0 aliphatic heterocycles. The highest BCUT2D eigenvalue weighted by Crippen LogP contribution is 2.26. The van der Waals surface area contributed by atoms with Crippen molar-refractivity contribution in [1.82, 2.24) is 4.98 Å². The largest absolute Gasteiger partial charge is 0.497 e. The maximum atomic E-state index is 13.8. The molecule has 1 aromatic heterocycles. The molecule has 140 valence electrons. The number of halogens is 1. The number of oxazole rings is 1. The van der Waals surface area contributed by atoms with Crippen LogP contribution in [0.3, 0.4) is 0 Å². The number of amides is 1. The van der Waals surface area contributed by atoms with Gasteiger partial charge in [0.25, 0.3) is 0 Å². The fraction of sp³-hybridized carbons (Fsp3) is 0.200. The summed E-state index contributed by atoms with van der Waals surface area (Å²) in [5, 5.41) is 2.78. The maximum absolute atomic E-state index is 13.8. The summed E-state index contributed by atoms with van der Waals surface area (Å²) in [5.74, 6) is 1.26. The topological polar surface area (TPSA) is 73.6 Å². The lowest BCUT2D eigenvalue weighted by molar-refractivity contribution is -0.116. The van der Waals surface area contributed by atoms with E-state index in [4.69, 9.17) is 13.9 Å². The lowest BCUT2D eigenvalue weighted by Crippen LogP contribution is -2.12. The van der Waals surface area contributed by atoms with Crippen LogP contribution in [-0.4, -0.2) is 25.1 Å². The molecule has 0 saturated heterocycles. The quantitative estimate of drug-likeness (QED) is 0.679. The first-order valence-electron chi connectivity index (χ1n) is 8.31. The lowest BCUT2D eigenvalue weighted by atomic mass is 10.2. The van der Waals surface area contributed by atoms with E-state index in [1.165, 1.54) is 26.5 Å². The van der Waals surface area contributed by atoms with E-state index in [2.05, 4.69) is 10.3 Å². The van der Waals surface area contributed by atoms with E-state index in [9.17, 15) is 9.18 Å². The second kappa shape index (κ2) is 8.35. The van der Waals surface area contributed by atoms with Crippen molar-refractivity contribution in [2.24, 2.45) is 0 Å². The van der Waals surface area contributed by atoms with E-state index >= 15 is 0 Å². The predicted octanol–water partition coefficient (Wildman–Crippen LogP) is 4.07. The van der Waals surface area contributed by atoms with Crippen LogP contribution >= 0.6 is 0 Å². The highest BCUT2D eigenvalue weighted by atomic mass is 19.1.